The van der Waals surface area contributed by atoms with E-state index in [9.17, 15) is 4.79 Å². The fourth-order valence-electron chi connectivity index (χ4n) is 2.32. The molecular formula is C15H14N2O3. The molecule has 0 aliphatic heterocycles. The van der Waals surface area contributed by atoms with E-state index >= 15 is 0 Å². The van der Waals surface area contributed by atoms with Crippen molar-refractivity contribution < 1.29 is 14.3 Å². The number of aromatic nitrogens is 2. The third kappa shape index (κ3) is 2.07. The van der Waals surface area contributed by atoms with Crippen LogP contribution in [-0.2, 0) is 13.0 Å². The predicted octanol–water partition coefficient (Wildman–Crippen LogP) is 2.94. The Labute approximate surface area is 115 Å². The van der Waals surface area contributed by atoms with Crippen LogP contribution in [0.25, 0.3) is 11.0 Å². The maximum Gasteiger partial charge on any atom is 0.335 e. The average molecular weight is 270 g/mol. The normalized spacial score (nSPS) is 11.1. The summed E-state index contributed by atoms with van der Waals surface area (Å²) in [5, 5.41) is 9.11. The van der Waals surface area contributed by atoms with Crippen molar-refractivity contribution in [1.82, 2.24) is 9.55 Å². The van der Waals surface area contributed by atoms with Crippen molar-refractivity contribution >= 4 is 17.0 Å². The Hall–Kier alpha value is -2.56. The minimum atomic E-state index is -0.930. The molecule has 1 N–H and O–H groups in total. The Morgan fingerprint density at radius 3 is 2.90 bits per heavy atom. The van der Waals surface area contributed by atoms with Crippen LogP contribution in [0.15, 0.2) is 41.2 Å². The van der Waals surface area contributed by atoms with E-state index in [-0.39, 0.29) is 5.56 Å². The molecule has 3 rings (SSSR count). The molecular weight excluding hydrogens is 256 g/mol. The fraction of sp³-hybridized carbons (Fsp3) is 0.200. The summed E-state index contributed by atoms with van der Waals surface area (Å²) in [6, 6.07) is 6.90. The number of aryl methyl sites for hydroxylation is 1. The van der Waals surface area contributed by atoms with Crippen molar-refractivity contribution in [3.63, 3.8) is 0 Å². The van der Waals surface area contributed by atoms with E-state index in [1.807, 2.05) is 17.6 Å². The summed E-state index contributed by atoms with van der Waals surface area (Å²) < 4.78 is 7.12. The smallest absolute Gasteiger partial charge is 0.335 e. The van der Waals surface area contributed by atoms with Gasteiger partial charge in [0.15, 0.2) is 0 Å². The van der Waals surface area contributed by atoms with Gasteiger partial charge in [-0.05, 0) is 24.3 Å². The van der Waals surface area contributed by atoms with E-state index in [1.165, 1.54) is 0 Å². The summed E-state index contributed by atoms with van der Waals surface area (Å²) in [5.41, 5.74) is 2.95. The van der Waals surface area contributed by atoms with Gasteiger partial charge in [0.25, 0.3) is 0 Å². The van der Waals surface area contributed by atoms with Crippen molar-refractivity contribution in [2.24, 2.45) is 0 Å². The number of carbonyl (C=O) groups is 1. The van der Waals surface area contributed by atoms with Crippen molar-refractivity contribution in [1.29, 1.82) is 0 Å². The summed E-state index contributed by atoms with van der Waals surface area (Å²) in [6.45, 7) is 2.66. The van der Waals surface area contributed by atoms with E-state index in [1.54, 1.807) is 30.7 Å². The molecule has 0 bridgehead atoms. The van der Waals surface area contributed by atoms with Crippen LogP contribution >= 0.6 is 0 Å². The van der Waals surface area contributed by atoms with Crippen molar-refractivity contribution in [3.8, 4) is 0 Å². The molecule has 0 aliphatic rings. The minimum Gasteiger partial charge on any atom is -0.478 e. The first-order chi connectivity index (χ1) is 9.69. The number of benzene rings is 1. The highest BCUT2D eigenvalue weighted by molar-refractivity contribution is 5.92. The molecule has 0 atom stereocenters. The van der Waals surface area contributed by atoms with Crippen LogP contribution in [0.2, 0.25) is 0 Å². The van der Waals surface area contributed by atoms with Crippen molar-refractivity contribution in [2.45, 2.75) is 19.9 Å². The monoisotopic (exact) mass is 270 g/mol. The number of imidazole rings is 1. The molecule has 20 heavy (non-hydrogen) atoms. The second-order valence-corrected chi connectivity index (χ2v) is 4.61. The summed E-state index contributed by atoms with van der Waals surface area (Å²) in [7, 11) is 0. The highest BCUT2D eigenvalue weighted by Crippen LogP contribution is 2.20. The number of fused-ring (bicyclic) bond motifs is 1. The highest BCUT2D eigenvalue weighted by Gasteiger charge is 2.13. The van der Waals surface area contributed by atoms with Crippen LogP contribution in [0.5, 0.6) is 0 Å². The Bertz CT molecular complexity index is 757. The van der Waals surface area contributed by atoms with E-state index in [0.717, 1.165) is 28.8 Å². The van der Waals surface area contributed by atoms with Gasteiger partial charge in [0.1, 0.15) is 5.82 Å². The molecule has 5 nitrogen and oxygen atoms in total. The fourth-order valence-corrected chi connectivity index (χ4v) is 2.32. The largest absolute Gasteiger partial charge is 0.478 e. The van der Waals surface area contributed by atoms with Gasteiger partial charge in [-0.3, -0.25) is 0 Å². The third-order valence-corrected chi connectivity index (χ3v) is 3.31. The van der Waals surface area contributed by atoms with Gasteiger partial charge in [-0.15, -0.1) is 0 Å². The molecule has 0 fully saturated rings. The molecule has 102 valence electrons. The summed E-state index contributed by atoms with van der Waals surface area (Å²) in [6.07, 6.45) is 4.10. The lowest BCUT2D eigenvalue weighted by atomic mass is 10.2. The lowest BCUT2D eigenvalue weighted by Gasteiger charge is -2.06. The second-order valence-electron chi connectivity index (χ2n) is 4.61. The molecule has 0 amide bonds. The quantitative estimate of drug-likeness (QED) is 0.791. The molecule has 0 aliphatic carbocycles. The molecule has 0 spiro atoms. The average Bonchev–Trinajstić information content (AvgIpc) is 3.06. The van der Waals surface area contributed by atoms with Gasteiger partial charge in [0.2, 0.25) is 0 Å². The molecule has 2 heterocycles. The van der Waals surface area contributed by atoms with Gasteiger partial charge in [-0.25, -0.2) is 9.78 Å². The van der Waals surface area contributed by atoms with E-state index in [0.29, 0.717) is 6.54 Å². The van der Waals surface area contributed by atoms with Crippen LogP contribution in [0.1, 0.15) is 28.7 Å². The first-order valence-electron chi connectivity index (χ1n) is 6.42. The van der Waals surface area contributed by atoms with Gasteiger partial charge >= 0.3 is 5.97 Å². The number of carboxylic acid groups (broad SMARTS) is 1. The molecule has 0 saturated carbocycles. The van der Waals surface area contributed by atoms with Crippen LogP contribution < -0.4 is 0 Å². The van der Waals surface area contributed by atoms with Gasteiger partial charge in [0, 0.05) is 12.0 Å². The van der Waals surface area contributed by atoms with Gasteiger partial charge in [0.05, 0.1) is 35.7 Å². The summed E-state index contributed by atoms with van der Waals surface area (Å²) >= 11 is 0. The highest BCUT2D eigenvalue weighted by atomic mass is 16.4. The van der Waals surface area contributed by atoms with Gasteiger partial charge < -0.3 is 14.1 Å². The first-order valence-corrected chi connectivity index (χ1v) is 6.42. The number of furan rings is 1. The lowest BCUT2D eigenvalue weighted by Crippen LogP contribution is -2.04. The molecule has 0 unspecified atom stereocenters. The lowest BCUT2D eigenvalue weighted by molar-refractivity contribution is 0.0697. The van der Waals surface area contributed by atoms with Crippen LogP contribution in [0.4, 0.5) is 0 Å². The second kappa shape index (κ2) is 4.85. The Balaban J connectivity index is 2.15. The van der Waals surface area contributed by atoms with E-state index in [2.05, 4.69) is 4.98 Å². The molecule has 0 radical (unpaired) electrons. The third-order valence-electron chi connectivity index (χ3n) is 3.31. The molecule has 3 aromatic rings. The Morgan fingerprint density at radius 1 is 1.40 bits per heavy atom. The zero-order valence-electron chi connectivity index (χ0n) is 11.0. The molecule has 1 aromatic carbocycles. The Kier molecular flexibility index (Phi) is 3.02. The van der Waals surface area contributed by atoms with Crippen molar-refractivity contribution in [3.05, 3.63) is 53.7 Å². The zero-order chi connectivity index (χ0) is 14.1. The predicted molar refractivity (Wildman–Crippen MR) is 73.9 cm³/mol. The number of carboxylic acids is 1. The van der Waals surface area contributed by atoms with E-state index in [4.69, 9.17) is 9.52 Å². The zero-order valence-corrected chi connectivity index (χ0v) is 11.0. The molecule has 0 saturated heterocycles. The van der Waals surface area contributed by atoms with Gasteiger partial charge in [-0.1, -0.05) is 6.92 Å². The number of hydrogen-bond acceptors (Lipinski definition) is 3. The van der Waals surface area contributed by atoms with Gasteiger partial charge in [-0.2, -0.15) is 0 Å². The number of rotatable bonds is 4. The summed E-state index contributed by atoms with van der Waals surface area (Å²) in [4.78, 5) is 15.7. The van der Waals surface area contributed by atoms with Crippen LogP contribution in [0.3, 0.4) is 0 Å². The first kappa shape index (κ1) is 12.5. The topological polar surface area (TPSA) is 68.3 Å². The van der Waals surface area contributed by atoms with Crippen LogP contribution in [-0.4, -0.2) is 20.6 Å². The number of nitrogens with zero attached hydrogens (tertiary/aromatic N) is 2. The number of hydrogen-bond donors (Lipinski definition) is 1. The van der Waals surface area contributed by atoms with Crippen LogP contribution in [0, 0.1) is 0 Å². The standard InChI is InChI=1S/C15H14N2O3/c1-2-14-16-12-4-3-11(15(18)19)7-13(12)17(14)8-10-5-6-20-9-10/h3-7,9H,2,8H2,1H3,(H,18,19). The number of aromatic carboxylic acids is 1. The summed E-state index contributed by atoms with van der Waals surface area (Å²) in [5.74, 6) is 0.00440. The Morgan fingerprint density at radius 2 is 2.25 bits per heavy atom. The SMILES string of the molecule is CCc1nc2ccc(C(=O)O)cc2n1Cc1ccoc1. The molecule has 5 heteroatoms. The van der Waals surface area contributed by atoms with E-state index < -0.39 is 5.97 Å². The minimum absolute atomic E-state index is 0.272. The maximum atomic E-state index is 11.1. The molecule has 2 aromatic heterocycles. The van der Waals surface area contributed by atoms with Crippen molar-refractivity contribution in [2.75, 3.05) is 0 Å². The maximum absolute atomic E-state index is 11.1.